The van der Waals surface area contributed by atoms with Crippen LogP contribution < -0.4 is 20.7 Å². The highest BCUT2D eigenvalue weighted by molar-refractivity contribution is 8.00. The molecule has 5 nitrogen and oxygen atoms in total. The summed E-state index contributed by atoms with van der Waals surface area (Å²) in [7, 11) is 1.55. The lowest BCUT2D eigenvalue weighted by atomic mass is 10.2. The molecule has 3 aromatic carbocycles. The Morgan fingerprint density at radius 2 is 1.74 bits per heavy atom. The molecule has 0 spiro atoms. The van der Waals surface area contributed by atoms with Crippen LogP contribution in [0.1, 0.15) is 5.56 Å². The van der Waals surface area contributed by atoms with E-state index in [0.717, 1.165) is 16.3 Å². The monoisotopic (exact) mass is 471 g/mol. The van der Waals surface area contributed by atoms with Gasteiger partial charge in [-0.25, -0.2) is 0 Å². The first-order valence-corrected chi connectivity index (χ1v) is 11.2. The first-order valence-electron chi connectivity index (χ1n) is 9.44. The molecular formula is C23H22ClN3O2S2. The number of hydrogen-bond donors (Lipinski definition) is 3. The zero-order chi connectivity index (χ0) is 22.2. The third-order valence-corrected chi connectivity index (χ3v) is 5.64. The van der Waals surface area contributed by atoms with Gasteiger partial charge < -0.3 is 20.7 Å². The Labute approximate surface area is 196 Å². The van der Waals surface area contributed by atoms with Gasteiger partial charge in [-0.3, -0.25) is 4.79 Å². The van der Waals surface area contributed by atoms with Crippen LogP contribution in [-0.2, 0) is 4.79 Å². The fourth-order valence-electron chi connectivity index (χ4n) is 2.71. The maximum absolute atomic E-state index is 12.4. The SMILES string of the molecule is COc1ccc(Cl)cc1NC(=O)CSc1cccc(NC(=S)Nc2ccc(C)cc2)c1. The Kier molecular flexibility index (Phi) is 8.17. The molecule has 0 aliphatic rings. The highest BCUT2D eigenvalue weighted by Crippen LogP contribution is 2.28. The number of aryl methyl sites for hydroxylation is 1. The molecule has 3 rings (SSSR count). The van der Waals surface area contributed by atoms with E-state index in [1.54, 1.807) is 25.3 Å². The van der Waals surface area contributed by atoms with Gasteiger partial charge in [-0.2, -0.15) is 0 Å². The molecule has 0 aliphatic carbocycles. The van der Waals surface area contributed by atoms with Crippen LogP contribution in [0.15, 0.2) is 71.6 Å². The minimum Gasteiger partial charge on any atom is -0.495 e. The van der Waals surface area contributed by atoms with Crippen molar-refractivity contribution in [3.05, 3.63) is 77.3 Å². The van der Waals surface area contributed by atoms with Crippen LogP contribution in [-0.4, -0.2) is 23.9 Å². The Morgan fingerprint density at radius 3 is 2.48 bits per heavy atom. The Morgan fingerprint density at radius 1 is 1.00 bits per heavy atom. The van der Waals surface area contributed by atoms with Crippen LogP contribution >= 0.6 is 35.6 Å². The third-order valence-electron chi connectivity index (χ3n) is 4.21. The van der Waals surface area contributed by atoms with Crippen LogP contribution in [0.5, 0.6) is 5.75 Å². The van der Waals surface area contributed by atoms with Crippen LogP contribution in [0, 0.1) is 6.92 Å². The molecule has 0 saturated heterocycles. The lowest BCUT2D eigenvalue weighted by Gasteiger charge is -2.12. The summed E-state index contributed by atoms with van der Waals surface area (Å²) in [6.07, 6.45) is 0. The molecule has 3 N–H and O–H groups in total. The lowest BCUT2D eigenvalue weighted by Crippen LogP contribution is -2.19. The second-order valence-electron chi connectivity index (χ2n) is 6.65. The second-order valence-corrected chi connectivity index (χ2v) is 8.55. The number of hydrogen-bond acceptors (Lipinski definition) is 4. The van der Waals surface area contributed by atoms with Gasteiger partial charge in [0.2, 0.25) is 5.91 Å². The Balaban J connectivity index is 1.54. The van der Waals surface area contributed by atoms with E-state index in [-0.39, 0.29) is 11.7 Å². The fourth-order valence-corrected chi connectivity index (χ4v) is 3.87. The predicted octanol–water partition coefficient (Wildman–Crippen LogP) is 6.20. The maximum atomic E-state index is 12.4. The lowest BCUT2D eigenvalue weighted by molar-refractivity contribution is -0.113. The van der Waals surface area contributed by atoms with Crippen molar-refractivity contribution >= 4 is 63.7 Å². The Bertz CT molecular complexity index is 1070. The number of thiocarbonyl (C=S) groups is 1. The van der Waals surface area contributed by atoms with E-state index in [1.807, 2.05) is 55.5 Å². The number of carbonyl (C=O) groups is 1. The molecule has 8 heteroatoms. The topological polar surface area (TPSA) is 62.4 Å². The normalized spacial score (nSPS) is 10.3. The van der Waals surface area contributed by atoms with Crippen molar-refractivity contribution in [2.24, 2.45) is 0 Å². The second kappa shape index (κ2) is 11.0. The van der Waals surface area contributed by atoms with Crippen LogP contribution in [0.3, 0.4) is 0 Å². The minimum absolute atomic E-state index is 0.152. The first kappa shape index (κ1) is 22.9. The molecule has 31 heavy (non-hydrogen) atoms. The van der Waals surface area contributed by atoms with E-state index in [4.69, 9.17) is 28.6 Å². The van der Waals surface area contributed by atoms with Gasteiger partial charge in [-0.05, 0) is 67.7 Å². The summed E-state index contributed by atoms with van der Waals surface area (Å²) in [5, 5.41) is 10.2. The average Bonchev–Trinajstić information content (AvgIpc) is 2.74. The zero-order valence-corrected chi connectivity index (χ0v) is 19.5. The zero-order valence-electron chi connectivity index (χ0n) is 17.1. The van der Waals surface area contributed by atoms with Crippen molar-refractivity contribution in [2.75, 3.05) is 28.8 Å². The molecule has 0 bridgehead atoms. The van der Waals surface area contributed by atoms with E-state index in [2.05, 4.69) is 16.0 Å². The van der Waals surface area contributed by atoms with Gasteiger partial charge in [0.1, 0.15) is 5.75 Å². The predicted molar refractivity (Wildman–Crippen MR) is 135 cm³/mol. The largest absolute Gasteiger partial charge is 0.495 e. The van der Waals surface area contributed by atoms with Gasteiger partial charge in [0.15, 0.2) is 5.11 Å². The van der Waals surface area contributed by atoms with Gasteiger partial charge in [-0.15, -0.1) is 11.8 Å². The summed E-state index contributed by atoms with van der Waals surface area (Å²) in [5.74, 6) is 0.648. The number of benzene rings is 3. The van der Waals surface area contributed by atoms with E-state index in [0.29, 0.717) is 21.6 Å². The summed E-state index contributed by atoms with van der Waals surface area (Å²) in [6, 6.07) is 20.8. The van der Waals surface area contributed by atoms with Gasteiger partial charge in [0.25, 0.3) is 0 Å². The van der Waals surface area contributed by atoms with Gasteiger partial charge in [-0.1, -0.05) is 35.4 Å². The van der Waals surface area contributed by atoms with Crippen molar-refractivity contribution in [2.45, 2.75) is 11.8 Å². The van der Waals surface area contributed by atoms with Crippen molar-refractivity contribution in [3.8, 4) is 5.75 Å². The van der Waals surface area contributed by atoms with Crippen molar-refractivity contribution in [1.29, 1.82) is 0 Å². The van der Waals surface area contributed by atoms with Gasteiger partial charge >= 0.3 is 0 Å². The van der Waals surface area contributed by atoms with Gasteiger partial charge in [0, 0.05) is 21.3 Å². The molecule has 0 heterocycles. The molecule has 0 unspecified atom stereocenters. The number of amides is 1. The average molecular weight is 472 g/mol. The minimum atomic E-state index is -0.152. The summed E-state index contributed by atoms with van der Waals surface area (Å²) < 4.78 is 5.26. The van der Waals surface area contributed by atoms with E-state index in [1.165, 1.54) is 17.3 Å². The molecule has 0 aliphatic heterocycles. The standard InChI is InChI=1S/C23H22ClN3O2S2/c1-15-6-9-17(10-7-15)25-23(30)26-18-4-3-5-19(13-18)31-14-22(28)27-20-12-16(24)8-11-21(20)29-2/h3-13H,14H2,1-2H3,(H,27,28)(H2,25,26,30). The van der Waals surface area contributed by atoms with Crippen LogP contribution in [0.25, 0.3) is 0 Å². The summed E-state index contributed by atoms with van der Waals surface area (Å²) in [6.45, 7) is 2.04. The molecule has 0 saturated carbocycles. The first-order chi connectivity index (χ1) is 14.9. The quantitative estimate of drug-likeness (QED) is 0.282. The number of nitrogens with one attached hydrogen (secondary N) is 3. The van der Waals surface area contributed by atoms with E-state index >= 15 is 0 Å². The third kappa shape index (κ3) is 7.17. The molecule has 160 valence electrons. The van der Waals surface area contributed by atoms with Crippen LogP contribution in [0.4, 0.5) is 17.1 Å². The number of carbonyl (C=O) groups excluding carboxylic acids is 1. The number of rotatable bonds is 7. The number of methoxy groups -OCH3 is 1. The van der Waals surface area contributed by atoms with E-state index < -0.39 is 0 Å². The molecule has 0 atom stereocenters. The Hall–Kier alpha value is -2.74. The number of ether oxygens (including phenoxy) is 1. The highest BCUT2D eigenvalue weighted by atomic mass is 35.5. The van der Waals surface area contributed by atoms with Gasteiger partial charge in [0.05, 0.1) is 18.6 Å². The van der Waals surface area contributed by atoms with Crippen molar-refractivity contribution in [3.63, 3.8) is 0 Å². The fraction of sp³-hybridized carbons (Fsp3) is 0.130. The van der Waals surface area contributed by atoms with Crippen LogP contribution in [0.2, 0.25) is 5.02 Å². The summed E-state index contributed by atoms with van der Waals surface area (Å²) >= 11 is 12.8. The van der Waals surface area contributed by atoms with Crippen molar-refractivity contribution < 1.29 is 9.53 Å². The molecular weight excluding hydrogens is 450 g/mol. The number of thioether (sulfide) groups is 1. The smallest absolute Gasteiger partial charge is 0.234 e. The molecule has 0 aromatic heterocycles. The molecule has 0 radical (unpaired) electrons. The molecule has 0 fully saturated rings. The highest BCUT2D eigenvalue weighted by Gasteiger charge is 2.09. The van der Waals surface area contributed by atoms with Crippen molar-refractivity contribution in [1.82, 2.24) is 0 Å². The van der Waals surface area contributed by atoms with E-state index in [9.17, 15) is 4.79 Å². The summed E-state index contributed by atoms with van der Waals surface area (Å²) in [5.41, 5.74) is 3.49. The number of halogens is 1. The number of anilines is 3. The maximum Gasteiger partial charge on any atom is 0.234 e. The molecule has 1 amide bonds. The molecule has 3 aromatic rings. The summed E-state index contributed by atoms with van der Waals surface area (Å²) in [4.78, 5) is 13.3.